The number of hydrogen-bond donors (Lipinski definition) is 1. The summed E-state index contributed by atoms with van der Waals surface area (Å²) in [6.07, 6.45) is 11.4. The van der Waals surface area contributed by atoms with Gasteiger partial charge in [-0.05, 0) is 30.5 Å². The molecule has 2 aromatic heterocycles. The maximum absolute atomic E-state index is 12.5. The first-order valence-electron chi connectivity index (χ1n) is 9.16. The van der Waals surface area contributed by atoms with Gasteiger partial charge in [-0.15, -0.1) is 0 Å². The van der Waals surface area contributed by atoms with Gasteiger partial charge in [0.2, 0.25) is 5.91 Å². The van der Waals surface area contributed by atoms with Crippen molar-refractivity contribution in [3.05, 3.63) is 78.6 Å². The molecule has 5 heteroatoms. The van der Waals surface area contributed by atoms with E-state index >= 15 is 0 Å². The van der Waals surface area contributed by atoms with Crippen LogP contribution in [0.3, 0.4) is 0 Å². The number of nitrogens with zero attached hydrogens (tertiary/aromatic N) is 3. The third kappa shape index (κ3) is 4.85. The number of carbonyl (C=O) groups is 1. The molecular formula is C21H26N4O. The molecule has 0 unspecified atom stereocenters. The zero-order valence-corrected chi connectivity index (χ0v) is 15.2. The van der Waals surface area contributed by atoms with Crippen molar-refractivity contribution < 1.29 is 4.79 Å². The van der Waals surface area contributed by atoms with Crippen LogP contribution in [0, 0.1) is 0 Å². The Morgan fingerprint density at radius 1 is 1.04 bits per heavy atom. The van der Waals surface area contributed by atoms with Crippen molar-refractivity contribution in [1.29, 1.82) is 0 Å². The summed E-state index contributed by atoms with van der Waals surface area (Å²) >= 11 is 0. The van der Waals surface area contributed by atoms with E-state index in [-0.39, 0.29) is 11.9 Å². The molecule has 0 saturated heterocycles. The summed E-state index contributed by atoms with van der Waals surface area (Å²) < 4.78 is 4.13. The second-order valence-electron chi connectivity index (χ2n) is 6.54. The number of unbranched alkanes of at least 4 members (excludes halogenated alkanes) is 2. The van der Waals surface area contributed by atoms with Crippen molar-refractivity contribution >= 4 is 5.91 Å². The second-order valence-corrected chi connectivity index (χ2v) is 6.54. The van der Waals surface area contributed by atoms with Crippen molar-refractivity contribution in [3.8, 4) is 0 Å². The molecule has 0 aliphatic carbocycles. The van der Waals surface area contributed by atoms with Crippen molar-refractivity contribution in [2.24, 2.45) is 7.05 Å². The Morgan fingerprint density at radius 3 is 2.50 bits per heavy atom. The Hall–Kier alpha value is -2.82. The van der Waals surface area contributed by atoms with Crippen LogP contribution >= 0.6 is 0 Å². The topological polar surface area (TPSA) is 51.9 Å². The van der Waals surface area contributed by atoms with E-state index in [1.165, 1.54) is 0 Å². The molecule has 1 N–H and O–H groups in total. The van der Waals surface area contributed by atoms with Crippen LogP contribution in [0.2, 0.25) is 0 Å². The zero-order valence-electron chi connectivity index (χ0n) is 15.2. The SMILES string of the molecule is Cn1ccnc1[C@@H](NC(=O)CCCCCn1cccc1)c1ccccc1. The normalized spacial score (nSPS) is 12.0. The number of aryl methyl sites for hydroxylation is 2. The quantitative estimate of drug-likeness (QED) is 0.599. The molecule has 0 aliphatic rings. The highest BCUT2D eigenvalue weighted by atomic mass is 16.1. The lowest BCUT2D eigenvalue weighted by Gasteiger charge is -2.19. The van der Waals surface area contributed by atoms with Gasteiger partial charge in [-0.25, -0.2) is 4.98 Å². The highest BCUT2D eigenvalue weighted by Gasteiger charge is 2.20. The Labute approximate surface area is 154 Å². The molecule has 3 aromatic rings. The smallest absolute Gasteiger partial charge is 0.220 e. The van der Waals surface area contributed by atoms with Gasteiger partial charge < -0.3 is 14.5 Å². The summed E-state index contributed by atoms with van der Waals surface area (Å²) in [5.74, 6) is 0.917. The second kappa shape index (κ2) is 9.04. The third-order valence-electron chi connectivity index (χ3n) is 4.54. The van der Waals surface area contributed by atoms with Crippen molar-refractivity contribution in [2.75, 3.05) is 0 Å². The molecule has 0 fully saturated rings. The van der Waals surface area contributed by atoms with Crippen LogP contribution in [0.25, 0.3) is 0 Å². The molecule has 0 saturated carbocycles. The predicted octanol–water partition coefficient (Wildman–Crippen LogP) is 3.69. The average Bonchev–Trinajstić information content (AvgIpc) is 3.32. The van der Waals surface area contributed by atoms with Crippen LogP contribution in [0.15, 0.2) is 67.3 Å². The molecule has 0 aliphatic heterocycles. The highest BCUT2D eigenvalue weighted by Crippen LogP contribution is 2.20. The number of imidazole rings is 1. The Bertz CT molecular complexity index is 793. The molecule has 2 heterocycles. The first-order chi connectivity index (χ1) is 12.7. The molecule has 26 heavy (non-hydrogen) atoms. The number of amides is 1. The fraction of sp³-hybridized carbons (Fsp3) is 0.333. The summed E-state index contributed by atoms with van der Waals surface area (Å²) in [7, 11) is 1.95. The van der Waals surface area contributed by atoms with E-state index in [1.54, 1.807) is 6.20 Å². The summed E-state index contributed by atoms with van der Waals surface area (Å²) in [6, 6.07) is 13.9. The van der Waals surface area contributed by atoms with Gasteiger partial charge in [0, 0.05) is 44.8 Å². The minimum Gasteiger partial charge on any atom is -0.354 e. The third-order valence-corrected chi connectivity index (χ3v) is 4.54. The van der Waals surface area contributed by atoms with Gasteiger partial charge in [0.25, 0.3) is 0 Å². The summed E-state index contributed by atoms with van der Waals surface area (Å²) in [5, 5.41) is 3.15. The molecule has 3 rings (SSSR count). The maximum atomic E-state index is 12.5. The lowest BCUT2D eigenvalue weighted by molar-refractivity contribution is -0.121. The molecule has 1 amide bonds. The molecular weight excluding hydrogens is 324 g/mol. The average molecular weight is 350 g/mol. The fourth-order valence-electron chi connectivity index (χ4n) is 3.11. The molecule has 0 bridgehead atoms. The monoisotopic (exact) mass is 350 g/mol. The highest BCUT2D eigenvalue weighted by molar-refractivity contribution is 5.76. The van der Waals surface area contributed by atoms with Gasteiger partial charge in [0.15, 0.2) is 0 Å². The van der Waals surface area contributed by atoms with E-state index in [2.05, 4.69) is 27.3 Å². The largest absolute Gasteiger partial charge is 0.354 e. The molecule has 136 valence electrons. The van der Waals surface area contributed by atoms with E-state index in [9.17, 15) is 4.79 Å². The van der Waals surface area contributed by atoms with E-state index in [1.807, 2.05) is 60.3 Å². The lowest BCUT2D eigenvalue weighted by Crippen LogP contribution is -2.30. The number of benzene rings is 1. The standard InChI is InChI=1S/C21H26N4O/c1-24-17-13-22-21(24)20(18-10-4-2-5-11-18)23-19(26)12-6-3-7-14-25-15-8-9-16-25/h2,4-5,8-11,13,15-17,20H,3,6-7,12,14H2,1H3,(H,23,26)/t20-/m0/s1. The van der Waals surface area contributed by atoms with Crippen LogP contribution in [0.5, 0.6) is 0 Å². The molecule has 0 radical (unpaired) electrons. The van der Waals surface area contributed by atoms with Crippen LogP contribution in [0.4, 0.5) is 0 Å². The number of hydrogen-bond acceptors (Lipinski definition) is 2. The number of nitrogens with one attached hydrogen (secondary N) is 1. The van der Waals surface area contributed by atoms with E-state index in [0.717, 1.165) is 37.2 Å². The molecule has 0 spiro atoms. The molecule has 1 aromatic carbocycles. The number of rotatable bonds is 9. The van der Waals surface area contributed by atoms with E-state index in [4.69, 9.17) is 0 Å². The molecule has 5 nitrogen and oxygen atoms in total. The Kier molecular flexibility index (Phi) is 6.25. The maximum Gasteiger partial charge on any atom is 0.220 e. The molecule has 1 atom stereocenters. The number of carbonyl (C=O) groups excluding carboxylic acids is 1. The minimum atomic E-state index is -0.219. The predicted molar refractivity (Wildman–Crippen MR) is 103 cm³/mol. The first kappa shape index (κ1) is 18.0. The van der Waals surface area contributed by atoms with E-state index in [0.29, 0.717) is 6.42 Å². The van der Waals surface area contributed by atoms with Crippen molar-refractivity contribution in [3.63, 3.8) is 0 Å². The van der Waals surface area contributed by atoms with Gasteiger partial charge in [-0.3, -0.25) is 4.79 Å². The fourth-order valence-corrected chi connectivity index (χ4v) is 3.11. The van der Waals surface area contributed by atoms with Gasteiger partial charge in [0.05, 0.1) is 0 Å². The number of aromatic nitrogens is 3. The van der Waals surface area contributed by atoms with Crippen molar-refractivity contribution in [2.45, 2.75) is 38.3 Å². The van der Waals surface area contributed by atoms with Crippen molar-refractivity contribution in [1.82, 2.24) is 19.4 Å². The summed E-state index contributed by atoms with van der Waals surface area (Å²) in [4.78, 5) is 16.9. The summed E-state index contributed by atoms with van der Waals surface area (Å²) in [6.45, 7) is 1.01. The van der Waals surface area contributed by atoms with Crippen LogP contribution in [-0.4, -0.2) is 20.0 Å². The zero-order chi connectivity index (χ0) is 18.2. The van der Waals surface area contributed by atoms with Gasteiger partial charge in [0.1, 0.15) is 11.9 Å². The van der Waals surface area contributed by atoms with Crippen LogP contribution in [-0.2, 0) is 18.4 Å². The Morgan fingerprint density at radius 2 is 1.81 bits per heavy atom. The van der Waals surface area contributed by atoms with E-state index < -0.39 is 0 Å². The van der Waals surface area contributed by atoms with Gasteiger partial charge in [-0.2, -0.15) is 0 Å². The van der Waals surface area contributed by atoms with Gasteiger partial charge >= 0.3 is 0 Å². The lowest BCUT2D eigenvalue weighted by atomic mass is 10.1. The van der Waals surface area contributed by atoms with Gasteiger partial charge in [-0.1, -0.05) is 36.8 Å². The Balaban J connectivity index is 1.52. The first-order valence-corrected chi connectivity index (χ1v) is 9.16. The summed E-state index contributed by atoms with van der Waals surface area (Å²) in [5.41, 5.74) is 1.04. The minimum absolute atomic E-state index is 0.0721. The van der Waals surface area contributed by atoms with Crippen LogP contribution < -0.4 is 5.32 Å². The van der Waals surface area contributed by atoms with Crippen LogP contribution in [0.1, 0.15) is 43.1 Å².